The molecule has 0 radical (unpaired) electrons. The molecule has 1 aromatic heterocycles. The maximum absolute atomic E-state index is 5.88. The van der Waals surface area contributed by atoms with Crippen molar-refractivity contribution in [3.8, 4) is 5.88 Å². The molecule has 2 N–H and O–H groups in total. The molecule has 3 nitrogen and oxygen atoms in total. The first-order valence-corrected chi connectivity index (χ1v) is 8.04. The molecule has 0 unspecified atom stereocenters. The number of thiocarbonyl (C=S) groups is 1. The highest BCUT2D eigenvalue weighted by molar-refractivity contribution is 9.10. The van der Waals surface area contributed by atoms with E-state index in [1.165, 1.54) is 5.56 Å². The van der Waals surface area contributed by atoms with Crippen molar-refractivity contribution in [2.45, 2.75) is 25.9 Å². The van der Waals surface area contributed by atoms with E-state index in [1.807, 2.05) is 30.3 Å². The Labute approximate surface area is 137 Å². The van der Waals surface area contributed by atoms with Crippen molar-refractivity contribution in [1.29, 1.82) is 0 Å². The lowest BCUT2D eigenvalue weighted by atomic mass is 10.1. The molecule has 3 rings (SSSR count). The van der Waals surface area contributed by atoms with Crippen LogP contribution in [0.4, 0.5) is 0 Å². The van der Waals surface area contributed by atoms with E-state index in [4.69, 9.17) is 22.7 Å². The number of halogens is 1. The second-order valence-corrected chi connectivity index (χ2v) is 6.34. The molecule has 0 spiro atoms. The number of hydrogen-bond donors (Lipinski definition) is 1. The standard InChI is InChI=1S/C16H15BrN2OS/c17-13-6-2-1-4-11(13)9-20-16-12(15(18)21)8-10-5-3-7-14(10)19-16/h1-2,4,6,8H,3,5,7,9H2,(H2,18,21). The maximum atomic E-state index is 5.88. The van der Waals surface area contributed by atoms with E-state index in [1.54, 1.807) is 0 Å². The van der Waals surface area contributed by atoms with Crippen molar-refractivity contribution >= 4 is 33.1 Å². The molecule has 0 atom stereocenters. The van der Waals surface area contributed by atoms with Crippen molar-refractivity contribution in [2.75, 3.05) is 0 Å². The number of fused-ring (bicyclic) bond motifs is 1. The summed E-state index contributed by atoms with van der Waals surface area (Å²) in [6.45, 7) is 0.433. The van der Waals surface area contributed by atoms with Crippen LogP contribution in [-0.4, -0.2) is 9.97 Å². The normalized spacial score (nSPS) is 13.0. The number of aryl methyl sites for hydroxylation is 2. The van der Waals surface area contributed by atoms with Crippen LogP contribution in [0.3, 0.4) is 0 Å². The van der Waals surface area contributed by atoms with Gasteiger partial charge in [0, 0.05) is 15.7 Å². The molecule has 1 heterocycles. The van der Waals surface area contributed by atoms with Gasteiger partial charge in [-0.3, -0.25) is 0 Å². The van der Waals surface area contributed by atoms with Crippen LogP contribution < -0.4 is 10.5 Å². The summed E-state index contributed by atoms with van der Waals surface area (Å²) in [6, 6.07) is 9.99. The van der Waals surface area contributed by atoms with E-state index in [9.17, 15) is 0 Å². The number of benzene rings is 1. The predicted molar refractivity (Wildman–Crippen MR) is 90.6 cm³/mol. The number of nitrogens with zero attached hydrogens (tertiary/aromatic N) is 1. The molecule has 0 amide bonds. The molecule has 5 heteroatoms. The summed E-state index contributed by atoms with van der Waals surface area (Å²) < 4.78 is 6.90. The zero-order valence-electron chi connectivity index (χ0n) is 11.4. The monoisotopic (exact) mass is 362 g/mol. The van der Waals surface area contributed by atoms with Gasteiger partial charge in [-0.05, 0) is 37.0 Å². The first-order chi connectivity index (χ1) is 10.1. The van der Waals surface area contributed by atoms with Gasteiger partial charge in [0.05, 0.1) is 5.56 Å². The minimum Gasteiger partial charge on any atom is -0.472 e. The molecule has 0 saturated heterocycles. The third-order valence-electron chi connectivity index (χ3n) is 3.60. The summed E-state index contributed by atoms with van der Waals surface area (Å²) in [6.07, 6.45) is 3.17. The largest absolute Gasteiger partial charge is 0.472 e. The lowest BCUT2D eigenvalue weighted by Gasteiger charge is -2.12. The number of ether oxygens (including phenoxy) is 1. The smallest absolute Gasteiger partial charge is 0.224 e. The van der Waals surface area contributed by atoms with Gasteiger partial charge in [0.15, 0.2) is 0 Å². The van der Waals surface area contributed by atoms with Crippen LogP contribution in [0.25, 0.3) is 0 Å². The third-order valence-corrected chi connectivity index (χ3v) is 4.60. The van der Waals surface area contributed by atoms with Gasteiger partial charge in [-0.2, -0.15) is 0 Å². The summed E-state index contributed by atoms with van der Waals surface area (Å²) in [4.78, 5) is 4.95. The molecule has 21 heavy (non-hydrogen) atoms. The Morgan fingerprint density at radius 1 is 1.33 bits per heavy atom. The molecule has 108 valence electrons. The topological polar surface area (TPSA) is 48.1 Å². The number of rotatable bonds is 4. The van der Waals surface area contributed by atoms with Crippen molar-refractivity contribution < 1.29 is 4.74 Å². The fourth-order valence-corrected chi connectivity index (χ4v) is 3.05. The average molecular weight is 363 g/mol. The first-order valence-electron chi connectivity index (χ1n) is 6.84. The summed E-state index contributed by atoms with van der Waals surface area (Å²) in [5.41, 5.74) is 9.96. The maximum Gasteiger partial charge on any atom is 0.224 e. The van der Waals surface area contributed by atoms with Gasteiger partial charge in [-0.1, -0.05) is 46.3 Å². The van der Waals surface area contributed by atoms with Crippen LogP contribution in [0.15, 0.2) is 34.8 Å². The van der Waals surface area contributed by atoms with Crippen LogP contribution in [0.2, 0.25) is 0 Å². The number of pyridine rings is 1. The fraction of sp³-hybridized carbons (Fsp3) is 0.250. The van der Waals surface area contributed by atoms with Crippen LogP contribution in [0.1, 0.15) is 28.8 Å². The molecule has 1 aromatic carbocycles. The molecule has 2 aromatic rings. The van der Waals surface area contributed by atoms with Gasteiger partial charge < -0.3 is 10.5 Å². The third kappa shape index (κ3) is 3.09. The van der Waals surface area contributed by atoms with Gasteiger partial charge >= 0.3 is 0 Å². The Hall–Kier alpha value is -1.46. The van der Waals surface area contributed by atoms with E-state index in [2.05, 4.69) is 20.9 Å². The Morgan fingerprint density at radius 2 is 2.14 bits per heavy atom. The lowest BCUT2D eigenvalue weighted by Crippen LogP contribution is -2.14. The van der Waals surface area contributed by atoms with Crippen molar-refractivity contribution in [3.63, 3.8) is 0 Å². The zero-order valence-corrected chi connectivity index (χ0v) is 13.8. The number of nitrogens with two attached hydrogens (primary N) is 1. The summed E-state index contributed by atoms with van der Waals surface area (Å²) in [5, 5.41) is 0. The van der Waals surface area contributed by atoms with Gasteiger partial charge in [0.1, 0.15) is 11.6 Å². The molecule has 0 saturated carbocycles. The van der Waals surface area contributed by atoms with Gasteiger partial charge in [0.2, 0.25) is 5.88 Å². The van der Waals surface area contributed by atoms with E-state index in [0.29, 0.717) is 17.5 Å². The van der Waals surface area contributed by atoms with Crippen LogP contribution in [0.5, 0.6) is 5.88 Å². The van der Waals surface area contributed by atoms with E-state index in [0.717, 1.165) is 40.6 Å². The fourth-order valence-electron chi connectivity index (χ4n) is 2.50. The van der Waals surface area contributed by atoms with Crippen LogP contribution in [-0.2, 0) is 19.4 Å². The molecule has 1 aliphatic rings. The van der Waals surface area contributed by atoms with Gasteiger partial charge in [0.25, 0.3) is 0 Å². The van der Waals surface area contributed by atoms with Crippen LogP contribution >= 0.6 is 28.1 Å². The number of hydrogen-bond acceptors (Lipinski definition) is 3. The molecule has 0 bridgehead atoms. The van der Waals surface area contributed by atoms with Crippen LogP contribution in [0, 0.1) is 0 Å². The van der Waals surface area contributed by atoms with E-state index in [-0.39, 0.29) is 0 Å². The average Bonchev–Trinajstić information content (AvgIpc) is 2.92. The highest BCUT2D eigenvalue weighted by atomic mass is 79.9. The quantitative estimate of drug-likeness (QED) is 0.844. The van der Waals surface area contributed by atoms with E-state index < -0.39 is 0 Å². The number of aromatic nitrogens is 1. The van der Waals surface area contributed by atoms with E-state index >= 15 is 0 Å². The molecule has 0 aliphatic heterocycles. The van der Waals surface area contributed by atoms with Gasteiger partial charge in [-0.25, -0.2) is 4.98 Å². The predicted octanol–water partition coefficient (Wildman–Crippen LogP) is 3.55. The molecule has 0 fully saturated rings. The highest BCUT2D eigenvalue weighted by Gasteiger charge is 2.18. The molecular weight excluding hydrogens is 348 g/mol. The van der Waals surface area contributed by atoms with Gasteiger partial charge in [-0.15, -0.1) is 0 Å². The Kier molecular flexibility index (Phi) is 4.22. The summed E-state index contributed by atoms with van der Waals surface area (Å²) in [7, 11) is 0. The highest BCUT2D eigenvalue weighted by Crippen LogP contribution is 2.27. The Balaban J connectivity index is 1.88. The summed E-state index contributed by atoms with van der Waals surface area (Å²) >= 11 is 8.64. The Bertz CT molecular complexity index is 703. The van der Waals surface area contributed by atoms with Crippen molar-refractivity contribution in [1.82, 2.24) is 4.98 Å². The Morgan fingerprint density at radius 3 is 2.90 bits per heavy atom. The van der Waals surface area contributed by atoms with Crippen molar-refractivity contribution in [2.24, 2.45) is 5.73 Å². The summed E-state index contributed by atoms with van der Waals surface area (Å²) in [5.74, 6) is 0.541. The minimum absolute atomic E-state index is 0.333. The second kappa shape index (κ2) is 6.12. The van der Waals surface area contributed by atoms with Crippen molar-refractivity contribution in [3.05, 3.63) is 57.2 Å². The second-order valence-electron chi connectivity index (χ2n) is 5.04. The first kappa shape index (κ1) is 14.5. The molecule has 1 aliphatic carbocycles. The SMILES string of the molecule is NC(=S)c1cc2c(nc1OCc1ccccc1Br)CCC2. The zero-order chi connectivity index (χ0) is 14.8. The lowest BCUT2D eigenvalue weighted by molar-refractivity contribution is 0.292. The minimum atomic E-state index is 0.333. The molecular formula is C16H15BrN2OS.